The van der Waals surface area contributed by atoms with Crippen LogP contribution in [0.1, 0.15) is 36.0 Å². The van der Waals surface area contributed by atoms with E-state index in [1.165, 1.54) is 6.07 Å². The topological polar surface area (TPSA) is 63.3 Å². The number of halogens is 3. The predicted molar refractivity (Wildman–Crippen MR) is 129 cm³/mol. The summed E-state index contributed by atoms with van der Waals surface area (Å²) in [6.45, 7) is 5.00. The van der Waals surface area contributed by atoms with Crippen molar-refractivity contribution in [3.63, 3.8) is 0 Å². The highest BCUT2D eigenvalue weighted by molar-refractivity contribution is 5.84. The quantitative estimate of drug-likeness (QED) is 0.640. The zero-order valence-electron chi connectivity index (χ0n) is 21.3. The van der Waals surface area contributed by atoms with E-state index in [-0.39, 0.29) is 36.6 Å². The van der Waals surface area contributed by atoms with Gasteiger partial charge in [-0.3, -0.25) is 9.69 Å². The number of ether oxygens (including phenoxy) is 3. The fourth-order valence-electron chi connectivity index (χ4n) is 7.24. The minimum Gasteiger partial charge on any atom is -0.379 e. The first-order chi connectivity index (χ1) is 17.8. The maximum absolute atomic E-state index is 14.3. The van der Waals surface area contributed by atoms with Crippen LogP contribution in [0.25, 0.3) is 0 Å². The molecule has 1 aromatic rings. The number of amides is 1. The SMILES string of the molecule is CO[C@@H]1COCC[C@@H]1N[C@@H]1C[C@H]2CN(C3COC3)C[C@@]2(C(=O)N2CCc3ccc(C(F)(F)F)cc3C2)C1. The van der Waals surface area contributed by atoms with Crippen molar-refractivity contribution in [1.29, 1.82) is 0 Å². The third-order valence-electron chi connectivity index (χ3n) is 9.35. The number of rotatable bonds is 5. The van der Waals surface area contributed by atoms with Crippen LogP contribution < -0.4 is 5.32 Å². The minimum absolute atomic E-state index is 0.00843. The Morgan fingerprint density at radius 2 is 2.03 bits per heavy atom. The first-order valence-corrected chi connectivity index (χ1v) is 13.4. The standard InChI is InChI=1S/C27H36F3N3O4/c1-35-24-15-36-7-5-23(24)31-21-9-20-12-33(22-13-37-14-22)16-26(20,10-21)25(34)32-6-4-17-2-3-19(27(28,29)30)8-18(17)11-32/h2-3,8,20-24,31H,4-7,9-16H2,1H3/t20-,21+,23-,24+,26-/m0/s1. The molecular formula is C27H36F3N3O4. The van der Waals surface area contributed by atoms with Gasteiger partial charge in [0, 0.05) is 52.0 Å². The summed E-state index contributed by atoms with van der Waals surface area (Å²) in [6, 6.07) is 4.69. The molecule has 5 atom stereocenters. The second kappa shape index (κ2) is 9.79. The Kier molecular flexibility index (Phi) is 6.76. The summed E-state index contributed by atoms with van der Waals surface area (Å²) in [5, 5.41) is 3.80. The normalized spacial score (nSPS) is 34.8. The highest BCUT2D eigenvalue weighted by Crippen LogP contribution is 2.51. The van der Waals surface area contributed by atoms with Gasteiger partial charge in [0.25, 0.3) is 0 Å². The molecule has 0 unspecified atom stereocenters. The van der Waals surface area contributed by atoms with E-state index in [9.17, 15) is 18.0 Å². The van der Waals surface area contributed by atoms with E-state index in [0.717, 1.165) is 37.4 Å². The number of methoxy groups -OCH3 is 1. The summed E-state index contributed by atoms with van der Waals surface area (Å²) in [6.07, 6.45) is -1.30. The van der Waals surface area contributed by atoms with Crippen molar-refractivity contribution in [2.75, 3.05) is 53.2 Å². The molecule has 5 aliphatic rings. The Morgan fingerprint density at radius 1 is 1.19 bits per heavy atom. The van der Waals surface area contributed by atoms with Crippen molar-refractivity contribution in [2.45, 2.75) is 62.6 Å². The van der Waals surface area contributed by atoms with Gasteiger partial charge in [0.05, 0.1) is 42.9 Å². The molecule has 1 aromatic carbocycles. The van der Waals surface area contributed by atoms with Gasteiger partial charge in [0.2, 0.25) is 5.91 Å². The summed E-state index contributed by atoms with van der Waals surface area (Å²) >= 11 is 0. The molecular weight excluding hydrogens is 487 g/mol. The number of carbonyl (C=O) groups excluding carboxylic acids is 1. The monoisotopic (exact) mass is 523 g/mol. The summed E-state index contributed by atoms with van der Waals surface area (Å²) in [7, 11) is 1.71. The van der Waals surface area contributed by atoms with Gasteiger partial charge in [-0.2, -0.15) is 13.2 Å². The smallest absolute Gasteiger partial charge is 0.379 e. The molecule has 10 heteroatoms. The molecule has 6 rings (SSSR count). The van der Waals surface area contributed by atoms with E-state index in [0.29, 0.717) is 57.5 Å². The lowest BCUT2D eigenvalue weighted by Gasteiger charge is -2.40. The van der Waals surface area contributed by atoms with Crippen LogP contribution in [0.5, 0.6) is 0 Å². The molecule has 7 nitrogen and oxygen atoms in total. The first kappa shape index (κ1) is 25.6. The molecule has 1 saturated carbocycles. The molecule has 1 N–H and O–H groups in total. The fourth-order valence-corrected chi connectivity index (χ4v) is 7.24. The molecule has 0 radical (unpaired) electrons. The van der Waals surface area contributed by atoms with Crippen molar-refractivity contribution in [1.82, 2.24) is 15.1 Å². The van der Waals surface area contributed by atoms with E-state index in [1.807, 2.05) is 4.90 Å². The van der Waals surface area contributed by atoms with Crippen LogP contribution in [0.3, 0.4) is 0 Å². The summed E-state index contributed by atoms with van der Waals surface area (Å²) < 4.78 is 56.7. The van der Waals surface area contributed by atoms with Gasteiger partial charge in [0.1, 0.15) is 0 Å². The van der Waals surface area contributed by atoms with Crippen LogP contribution in [0.2, 0.25) is 0 Å². The highest BCUT2D eigenvalue weighted by atomic mass is 19.4. The number of carbonyl (C=O) groups is 1. The summed E-state index contributed by atoms with van der Waals surface area (Å²) in [4.78, 5) is 18.5. The van der Waals surface area contributed by atoms with E-state index in [2.05, 4.69) is 10.2 Å². The average Bonchev–Trinajstić information content (AvgIpc) is 3.36. The molecule has 1 aliphatic carbocycles. The number of hydrogen-bond donors (Lipinski definition) is 1. The lowest BCUT2D eigenvalue weighted by molar-refractivity contribution is -0.144. The number of alkyl halides is 3. The Bertz CT molecular complexity index is 1020. The van der Waals surface area contributed by atoms with Gasteiger partial charge < -0.3 is 24.4 Å². The van der Waals surface area contributed by atoms with Crippen LogP contribution in [-0.2, 0) is 38.1 Å². The van der Waals surface area contributed by atoms with Gasteiger partial charge in [-0.05, 0) is 54.9 Å². The molecule has 0 spiro atoms. The van der Waals surface area contributed by atoms with E-state index in [4.69, 9.17) is 14.2 Å². The van der Waals surface area contributed by atoms with Gasteiger partial charge in [-0.25, -0.2) is 0 Å². The van der Waals surface area contributed by atoms with Crippen LogP contribution in [0.4, 0.5) is 13.2 Å². The number of likely N-dealkylation sites (tertiary alicyclic amines) is 1. The van der Waals surface area contributed by atoms with Crippen molar-refractivity contribution in [2.24, 2.45) is 11.3 Å². The van der Waals surface area contributed by atoms with Gasteiger partial charge in [0.15, 0.2) is 0 Å². The maximum Gasteiger partial charge on any atom is 0.416 e. The molecule has 4 heterocycles. The van der Waals surface area contributed by atoms with Gasteiger partial charge in [-0.15, -0.1) is 0 Å². The Labute approximate surface area is 215 Å². The molecule has 4 fully saturated rings. The molecule has 37 heavy (non-hydrogen) atoms. The number of fused-ring (bicyclic) bond motifs is 2. The number of hydrogen-bond acceptors (Lipinski definition) is 6. The number of nitrogens with one attached hydrogen (secondary N) is 1. The Morgan fingerprint density at radius 3 is 2.76 bits per heavy atom. The van der Waals surface area contributed by atoms with Crippen LogP contribution in [-0.4, -0.2) is 93.1 Å². The van der Waals surface area contributed by atoms with Crippen LogP contribution in [0, 0.1) is 11.3 Å². The third-order valence-corrected chi connectivity index (χ3v) is 9.35. The van der Waals surface area contributed by atoms with Crippen LogP contribution >= 0.6 is 0 Å². The van der Waals surface area contributed by atoms with Crippen LogP contribution in [0.15, 0.2) is 18.2 Å². The molecule has 4 aliphatic heterocycles. The Hall–Kier alpha value is -1.72. The van der Waals surface area contributed by atoms with Gasteiger partial charge >= 0.3 is 6.18 Å². The van der Waals surface area contributed by atoms with E-state index >= 15 is 0 Å². The van der Waals surface area contributed by atoms with Crippen molar-refractivity contribution in [3.05, 3.63) is 34.9 Å². The molecule has 0 aromatic heterocycles. The molecule has 204 valence electrons. The lowest BCUT2D eigenvalue weighted by atomic mass is 9.78. The van der Waals surface area contributed by atoms with Crippen molar-refractivity contribution >= 4 is 5.91 Å². The maximum atomic E-state index is 14.3. The summed E-state index contributed by atoms with van der Waals surface area (Å²) in [5.41, 5.74) is 0.340. The second-order valence-corrected chi connectivity index (χ2v) is 11.5. The Balaban J connectivity index is 1.22. The summed E-state index contributed by atoms with van der Waals surface area (Å²) in [5.74, 6) is 0.310. The zero-order chi connectivity index (χ0) is 25.8. The third kappa shape index (κ3) is 4.69. The fraction of sp³-hybridized carbons (Fsp3) is 0.741. The van der Waals surface area contributed by atoms with Crippen molar-refractivity contribution in [3.8, 4) is 0 Å². The molecule has 3 saturated heterocycles. The lowest BCUT2D eigenvalue weighted by Crippen LogP contribution is -2.54. The molecule has 1 amide bonds. The van der Waals surface area contributed by atoms with Gasteiger partial charge in [-0.1, -0.05) is 6.07 Å². The average molecular weight is 524 g/mol. The number of benzene rings is 1. The minimum atomic E-state index is -4.39. The highest BCUT2D eigenvalue weighted by Gasteiger charge is 2.60. The van der Waals surface area contributed by atoms with Crippen molar-refractivity contribution < 1.29 is 32.2 Å². The number of nitrogens with zero attached hydrogens (tertiary/aromatic N) is 2. The van der Waals surface area contributed by atoms with E-state index in [1.54, 1.807) is 13.2 Å². The zero-order valence-corrected chi connectivity index (χ0v) is 21.3. The largest absolute Gasteiger partial charge is 0.416 e. The second-order valence-electron chi connectivity index (χ2n) is 11.5. The predicted octanol–water partition coefficient (Wildman–Crippen LogP) is 2.46. The first-order valence-electron chi connectivity index (χ1n) is 13.4. The van der Waals surface area contributed by atoms with E-state index < -0.39 is 17.2 Å². The molecule has 0 bridgehead atoms.